The lowest BCUT2D eigenvalue weighted by atomic mass is 9.94. The number of aromatic nitrogens is 11. The molecule has 0 bridgehead atoms. The van der Waals surface area contributed by atoms with Gasteiger partial charge in [0.1, 0.15) is 23.3 Å². The lowest BCUT2D eigenvalue weighted by Gasteiger charge is -2.21. The quantitative estimate of drug-likeness (QED) is 0.137. The van der Waals surface area contributed by atoms with Gasteiger partial charge < -0.3 is 9.13 Å². The van der Waals surface area contributed by atoms with Crippen molar-refractivity contribution in [1.82, 2.24) is 54.0 Å². The zero-order valence-electron chi connectivity index (χ0n) is 44.0. The first kappa shape index (κ1) is 47.5. The fraction of sp³-hybridized carbons (Fsp3) is 0.0588. The molecule has 14 aromatic rings. The average molecular weight is 1030 g/mol. The summed E-state index contributed by atoms with van der Waals surface area (Å²) < 4.78 is 4.73. The average Bonchev–Trinajstić information content (AvgIpc) is 4.01. The number of fused-ring (bicyclic) bond motifs is 6. The van der Waals surface area contributed by atoms with Gasteiger partial charge in [-0.25, -0.2) is 44.9 Å². The summed E-state index contributed by atoms with van der Waals surface area (Å²) in [6.07, 6.45) is 0. The van der Waals surface area contributed by atoms with Crippen molar-refractivity contribution in [2.24, 2.45) is 0 Å². The summed E-state index contributed by atoms with van der Waals surface area (Å²) in [6.45, 7) is 7.59. The number of nitriles is 1. The van der Waals surface area contributed by atoms with Crippen LogP contribution in [0.15, 0.2) is 206 Å². The number of rotatable bonds is 9. The molecule has 0 amide bonds. The molecule has 5 heterocycles. The standard InChI is InChI=1S/C68H46N12/c1-40-70-41(2)73-66(72-40)49-27-31-60-55(35-49)52-22-11-13-24-58(52)79(60)61-32-29-51(68-77-64(45-17-7-5-8-18-45)76-65(78-68)46-19-9-6-10-20-46)37-57(61)54-30-26-48(47-21-15-16-44(34-47)39-69)38-63(54)80-59-25-14-12-23-53(59)56-36-50(28-33-62(56)80)67-74-42(3)71-43(4)75-67/h5-38H,1-4H3. The van der Waals surface area contributed by atoms with Gasteiger partial charge in [-0.15, -0.1) is 0 Å². The van der Waals surface area contributed by atoms with Crippen LogP contribution < -0.4 is 0 Å². The number of hydrogen-bond donors (Lipinski definition) is 0. The topological polar surface area (TPSA) is 150 Å². The predicted molar refractivity (Wildman–Crippen MR) is 317 cm³/mol. The highest BCUT2D eigenvalue weighted by Crippen LogP contribution is 2.44. The fourth-order valence-electron chi connectivity index (χ4n) is 11.1. The van der Waals surface area contributed by atoms with Gasteiger partial charge >= 0.3 is 0 Å². The summed E-state index contributed by atoms with van der Waals surface area (Å²) in [6, 6.07) is 73.4. The van der Waals surface area contributed by atoms with Gasteiger partial charge in [-0.05, 0) is 124 Å². The molecule has 0 aliphatic rings. The Morgan fingerprint density at radius 3 is 1.24 bits per heavy atom. The molecule has 5 aromatic heterocycles. The van der Waals surface area contributed by atoms with E-state index in [0.29, 0.717) is 58.0 Å². The van der Waals surface area contributed by atoms with Crippen LogP contribution in [0.5, 0.6) is 0 Å². The van der Waals surface area contributed by atoms with Crippen molar-refractivity contribution in [3.63, 3.8) is 0 Å². The largest absolute Gasteiger partial charge is 0.309 e. The Kier molecular flexibility index (Phi) is 11.5. The molecule has 0 spiro atoms. The Hall–Kier alpha value is -10.9. The predicted octanol–water partition coefficient (Wildman–Crippen LogP) is 15.2. The molecule has 80 heavy (non-hydrogen) atoms. The summed E-state index contributed by atoms with van der Waals surface area (Å²) in [5, 5.41) is 14.4. The van der Waals surface area contributed by atoms with E-state index >= 15 is 0 Å². The molecule has 12 nitrogen and oxygen atoms in total. The first-order chi connectivity index (χ1) is 39.2. The highest BCUT2D eigenvalue weighted by molar-refractivity contribution is 6.13. The van der Waals surface area contributed by atoms with E-state index in [2.05, 4.69) is 153 Å². The van der Waals surface area contributed by atoms with Crippen LogP contribution in [0.4, 0.5) is 0 Å². The van der Waals surface area contributed by atoms with Crippen molar-refractivity contribution in [3.05, 3.63) is 235 Å². The Morgan fingerprint density at radius 2 is 0.700 bits per heavy atom. The van der Waals surface area contributed by atoms with Gasteiger partial charge in [0.2, 0.25) is 0 Å². The molecule has 9 aromatic carbocycles. The van der Waals surface area contributed by atoms with Crippen molar-refractivity contribution in [2.45, 2.75) is 27.7 Å². The zero-order valence-corrected chi connectivity index (χ0v) is 44.0. The molecule has 378 valence electrons. The third-order valence-corrected chi connectivity index (χ3v) is 14.6. The maximum absolute atomic E-state index is 10.1. The van der Waals surface area contributed by atoms with Gasteiger partial charge in [-0.2, -0.15) is 5.26 Å². The van der Waals surface area contributed by atoms with E-state index in [9.17, 15) is 5.26 Å². The molecule has 0 atom stereocenters. The van der Waals surface area contributed by atoms with E-state index in [1.807, 2.05) is 107 Å². The molecule has 0 saturated carbocycles. The molecular weight excluding hydrogens is 985 g/mol. The molecule has 0 aliphatic carbocycles. The second kappa shape index (κ2) is 19.3. The van der Waals surface area contributed by atoms with Crippen LogP contribution >= 0.6 is 0 Å². The Morgan fingerprint density at radius 1 is 0.287 bits per heavy atom. The lowest BCUT2D eigenvalue weighted by Crippen LogP contribution is -2.04. The van der Waals surface area contributed by atoms with Gasteiger partial charge in [0.15, 0.2) is 29.1 Å². The van der Waals surface area contributed by atoms with Crippen LogP contribution in [-0.2, 0) is 0 Å². The summed E-state index contributed by atoms with van der Waals surface area (Å²) in [5.74, 6) is 5.57. The number of nitrogens with zero attached hydrogens (tertiary/aromatic N) is 12. The van der Waals surface area contributed by atoms with Crippen molar-refractivity contribution in [2.75, 3.05) is 0 Å². The highest BCUT2D eigenvalue weighted by atomic mass is 15.1. The summed E-state index contributed by atoms with van der Waals surface area (Å²) in [7, 11) is 0. The Labute approximate surface area is 460 Å². The summed E-state index contributed by atoms with van der Waals surface area (Å²) >= 11 is 0. The molecule has 0 radical (unpaired) electrons. The molecule has 0 saturated heterocycles. The van der Waals surface area contributed by atoms with Crippen LogP contribution in [0.25, 0.3) is 134 Å². The molecular formula is C68H46N12. The van der Waals surface area contributed by atoms with Crippen LogP contribution in [-0.4, -0.2) is 54.0 Å². The molecule has 0 aliphatic heterocycles. The highest BCUT2D eigenvalue weighted by Gasteiger charge is 2.24. The van der Waals surface area contributed by atoms with Crippen molar-refractivity contribution in [1.29, 1.82) is 5.26 Å². The summed E-state index contributed by atoms with van der Waals surface area (Å²) in [5.41, 5.74) is 14.5. The van der Waals surface area contributed by atoms with Gasteiger partial charge in [-0.1, -0.05) is 121 Å². The fourth-order valence-corrected chi connectivity index (χ4v) is 11.1. The number of aryl methyl sites for hydroxylation is 4. The Bertz CT molecular complexity index is 4740. The van der Waals surface area contributed by atoms with Gasteiger partial charge in [0, 0.05) is 60.5 Å². The SMILES string of the molecule is Cc1nc(C)nc(-c2ccc3c(c2)c2ccccc2n3-c2ccc(-c3nc(-c4ccccc4)nc(-c4ccccc4)n3)cc2-c2ccc(-c3cccc(C#N)c3)cc2-n2c3ccccc3c3cc(-c4nc(C)nc(C)n4)ccc32)n1. The van der Waals surface area contributed by atoms with Crippen molar-refractivity contribution >= 4 is 43.6 Å². The van der Waals surface area contributed by atoms with Crippen LogP contribution in [0.2, 0.25) is 0 Å². The molecule has 0 N–H and O–H groups in total. The monoisotopic (exact) mass is 1030 g/mol. The normalized spacial score (nSPS) is 11.5. The number of hydrogen-bond acceptors (Lipinski definition) is 10. The first-order valence-electron chi connectivity index (χ1n) is 26.3. The second-order valence-electron chi connectivity index (χ2n) is 19.9. The molecule has 0 fully saturated rings. The van der Waals surface area contributed by atoms with Gasteiger partial charge in [0.05, 0.1) is 45.1 Å². The van der Waals surface area contributed by atoms with Gasteiger partial charge in [-0.3, -0.25) is 0 Å². The van der Waals surface area contributed by atoms with E-state index in [1.165, 1.54) is 0 Å². The second-order valence-corrected chi connectivity index (χ2v) is 19.9. The maximum Gasteiger partial charge on any atom is 0.164 e. The van der Waals surface area contributed by atoms with Crippen molar-refractivity contribution < 1.29 is 0 Å². The van der Waals surface area contributed by atoms with E-state index in [-0.39, 0.29) is 0 Å². The molecule has 12 heteroatoms. The minimum atomic E-state index is 0.528. The maximum atomic E-state index is 10.1. The third-order valence-electron chi connectivity index (χ3n) is 14.6. The number of para-hydroxylation sites is 2. The van der Waals surface area contributed by atoms with Crippen molar-refractivity contribution in [3.8, 4) is 96.6 Å². The zero-order chi connectivity index (χ0) is 54.0. The van der Waals surface area contributed by atoms with E-state index < -0.39 is 0 Å². The third kappa shape index (κ3) is 8.37. The minimum Gasteiger partial charge on any atom is -0.309 e. The number of benzene rings is 9. The van der Waals surface area contributed by atoms with E-state index in [4.69, 9.17) is 34.9 Å². The van der Waals surface area contributed by atoms with Crippen LogP contribution in [0, 0.1) is 39.0 Å². The van der Waals surface area contributed by atoms with Crippen LogP contribution in [0.1, 0.15) is 28.9 Å². The summed E-state index contributed by atoms with van der Waals surface area (Å²) in [4.78, 5) is 43.6. The molecule has 0 unspecified atom stereocenters. The smallest absolute Gasteiger partial charge is 0.164 e. The molecule has 14 rings (SSSR count). The van der Waals surface area contributed by atoms with E-state index in [1.54, 1.807) is 0 Å². The Balaban J connectivity index is 1.08. The lowest BCUT2D eigenvalue weighted by molar-refractivity contribution is 0.928. The van der Waals surface area contributed by atoms with Gasteiger partial charge in [0.25, 0.3) is 0 Å². The first-order valence-corrected chi connectivity index (χ1v) is 26.3. The van der Waals surface area contributed by atoms with Crippen LogP contribution in [0.3, 0.4) is 0 Å². The van der Waals surface area contributed by atoms with E-state index in [0.717, 1.165) is 105 Å². The minimum absolute atomic E-state index is 0.528.